The summed E-state index contributed by atoms with van der Waals surface area (Å²) in [5, 5.41) is 16.1. The first-order chi connectivity index (χ1) is 17.1. The van der Waals surface area contributed by atoms with Gasteiger partial charge in [0.2, 0.25) is 11.9 Å². The molecular weight excluding hydrogens is 494 g/mol. The number of anilines is 2. The number of aliphatic hydroxyl groups is 1. The van der Waals surface area contributed by atoms with Crippen LogP contribution in [0.25, 0.3) is 11.2 Å². The number of rotatable bonds is 9. The van der Waals surface area contributed by atoms with Crippen LogP contribution in [0.15, 0.2) is 36.7 Å². The van der Waals surface area contributed by atoms with Crippen molar-refractivity contribution in [3.63, 3.8) is 0 Å². The van der Waals surface area contributed by atoms with E-state index in [2.05, 4.69) is 25.6 Å². The molecule has 1 amide bonds. The van der Waals surface area contributed by atoms with Gasteiger partial charge in [0.05, 0.1) is 12.9 Å². The zero-order chi connectivity index (χ0) is 26.0. The Labute approximate surface area is 207 Å². The highest BCUT2D eigenvalue weighted by Gasteiger charge is 2.54. The Kier molecular flexibility index (Phi) is 7.55. The van der Waals surface area contributed by atoms with Gasteiger partial charge in [0.15, 0.2) is 29.4 Å². The number of nitrogens with zero attached hydrogens (tertiary/aromatic N) is 4. The smallest absolute Gasteiger partial charge is 0.367 e. The number of aliphatic hydroxyl groups excluding tert-OH is 1. The van der Waals surface area contributed by atoms with E-state index in [1.165, 1.54) is 17.8 Å². The molecule has 4 rings (SSSR count). The molecule has 12 nitrogen and oxygen atoms in total. The second-order valence-electron chi connectivity index (χ2n) is 8.78. The number of para-hydroxylation sites is 1. The number of ether oxygens (including phenoxy) is 1. The number of nitrogens with one attached hydrogen (secondary N) is 2. The van der Waals surface area contributed by atoms with E-state index in [1.807, 2.05) is 0 Å². The normalized spacial score (nSPS) is 24.7. The Morgan fingerprint density at radius 2 is 2.06 bits per heavy atom. The van der Waals surface area contributed by atoms with Gasteiger partial charge in [0.1, 0.15) is 17.5 Å². The molecule has 36 heavy (non-hydrogen) atoms. The molecule has 3 heterocycles. The van der Waals surface area contributed by atoms with Crippen molar-refractivity contribution in [2.45, 2.75) is 44.9 Å². The summed E-state index contributed by atoms with van der Waals surface area (Å²) in [5.41, 5.74) is -1.05. The van der Waals surface area contributed by atoms with E-state index >= 15 is 4.39 Å². The summed E-state index contributed by atoms with van der Waals surface area (Å²) >= 11 is 0. The Morgan fingerprint density at radius 3 is 2.72 bits per heavy atom. The van der Waals surface area contributed by atoms with Crippen LogP contribution < -0.4 is 15.2 Å². The Hall–Kier alpha value is -3.12. The SMILES string of the molecule is CNc1nc(NC(=O)C(C)C)nc2c1ncn2[C@@H]1O[C@](C)(CO[PH](=O)Oc2ccccc2)[C@@H](O)[C@H]1F. The van der Waals surface area contributed by atoms with E-state index in [0.29, 0.717) is 17.1 Å². The van der Waals surface area contributed by atoms with Crippen molar-refractivity contribution in [2.24, 2.45) is 5.92 Å². The molecule has 1 saturated heterocycles. The number of fused-ring (bicyclic) bond motifs is 1. The number of carbonyl (C=O) groups is 1. The number of alkyl halides is 1. The maximum absolute atomic E-state index is 15.3. The molecule has 0 saturated carbocycles. The molecule has 5 atom stereocenters. The second kappa shape index (κ2) is 10.5. The summed E-state index contributed by atoms with van der Waals surface area (Å²) in [6.07, 6.45) is -3.52. The lowest BCUT2D eigenvalue weighted by molar-refractivity contribution is -0.118. The number of halogens is 1. The summed E-state index contributed by atoms with van der Waals surface area (Å²) < 4.78 is 45.3. The Bertz CT molecular complexity index is 1260. The minimum atomic E-state index is -3.00. The van der Waals surface area contributed by atoms with Crippen molar-refractivity contribution in [3.05, 3.63) is 36.7 Å². The molecule has 3 N–H and O–H groups in total. The Balaban J connectivity index is 1.55. The molecule has 1 aromatic carbocycles. The van der Waals surface area contributed by atoms with Crippen molar-refractivity contribution >= 4 is 37.1 Å². The largest absolute Gasteiger partial charge is 0.426 e. The number of imidazole rings is 1. The van der Waals surface area contributed by atoms with Crippen LogP contribution in [0.4, 0.5) is 16.2 Å². The maximum Gasteiger partial charge on any atom is 0.367 e. The van der Waals surface area contributed by atoms with E-state index in [0.717, 1.165) is 0 Å². The van der Waals surface area contributed by atoms with E-state index in [-0.39, 0.29) is 23.4 Å². The van der Waals surface area contributed by atoms with Crippen LogP contribution in [0.3, 0.4) is 0 Å². The first-order valence-electron chi connectivity index (χ1n) is 11.3. The number of hydrogen-bond acceptors (Lipinski definition) is 10. The molecule has 194 valence electrons. The van der Waals surface area contributed by atoms with Crippen LogP contribution in [0.5, 0.6) is 5.75 Å². The molecular formula is C22H28FN6O6P. The molecule has 0 aliphatic carbocycles. The summed E-state index contributed by atoms with van der Waals surface area (Å²) in [4.78, 5) is 25.0. The van der Waals surface area contributed by atoms with Gasteiger partial charge < -0.3 is 19.7 Å². The van der Waals surface area contributed by atoms with Crippen molar-refractivity contribution < 1.29 is 32.6 Å². The predicted octanol–water partition coefficient (Wildman–Crippen LogP) is 2.93. The van der Waals surface area contributed by atoms with E-state index in [4.69, 9.17) is 13.8 Å². The van der Waals surface area contributed by atoms with E-state index in [1.54, 1.807) is 51.2 Å². The number of benzene rings is 1. The van der Waals surface area contributed by atoms with Crippen LogP contribution in [0.2, 0.25) is 0 Å². The molecule has 0 radical (unpaired) electrons. The molecule has 0 bridgehead atoms. The molecule has 1 aliphatic rings. The number of amides is 1. The minimum absolute atomic E-state index is 0.00371. The third-order valence-corrected chi connectivity index (χ3v) is 6.48. The van der Waals surface area contributed by atoms with Crippen LogP contribution in [0, 0.1) is 5.92 Å². The van der Waals surface area contributed by atoms with E-state index < -0.39 is 39.0 Å². The number of aromatic nitrogens is 4. The van der Waals surface area contributed by atoms with Gasteiger partial charge in [-0.25, -0.2) is 13.9 Å². The predicted molar refractivity (Wildman–Crippen MR) is 130 cm³/mol. The Morgan fingerprint density at radius 1 is 1.33 bits per heavy atom. The standard InChI is InChI=1S/C22H28FN6O6P/c1-12(2)19(31)28-21-26-17(24-4)15-18(27-21)29(11-25-15)20-14(23)16(30)22(3,34-20)10-33-36(32)35-13-8-6-5-7-9-13/h5-9,11-12,14,16,20,30,36H,10H2,1-4H3,(H2,24,26,27,28,31)/t14-,16+,20-,22-/m1/s1. The van der Waals surface area contributed by atoms with Crippen LogP contribution in [-0.2, 0) is 18.6 Å². The van der Waals surface area contributed by atoms with Crippen molar-refractivity contribution in [3.8, 4) is 5.75 Å². The zero-order valence-corrected chi connectivity index (χ0v) is 21.1. The van der Waals surface area contributed by atoms with Crippen LogP contribution in [-0.4, -0.2) is 62.1 Å². The van der Waals surface area contributed by atoms with Gasteiger partial charge in [-0.2, -0.15) is 9.97 Å². The summed E-state index contributed by atoms with van der Waals surface area (Å²) in [6.45, 7) is 4.50. The fourth-order valence-corrected chi connectivity index (χ4v) is 4.43. The highest BCUT2D eigenvalue weighted by atomic mass is 31.1. The van der Waals surface area contributed by atoms with Crippen LogP contribution in [0.1, 0.15) is 27.0 Å². The van der Waals surface area contributed by atoms with Gasteiger partial charge in [-0.1, -0.05) is 32.0 Å². The number of carbonyl (C=O) groups excluding carboxylic acids is 1. The van der Waals surface area contributed by atoms with Crippen molar-refractivity contribution in [1.29, 1.82) is 0 Å². The molecule has 1 unspecified atom stereocenters. The molecule has 1 aliphatic heterocycles. The van der Waals surface area contributed by atoms with E-state index in [9.17, 15) is 14.5 Å². The van der Waals surface area contributed by atoms with Gasteiger partial charge in [-0.3, -0.25) is 19.2 Å². The van der Waals surface area contributed by atoms with Crippen molar-refractivity contribution in [1.82, 2.24) is 19.5 Å². The van der Waals surface area contributed by atoms with Gasteiger partial charge in [-0.05, 0) is 19.1 Å². The third kappa shape index (κ3) is 5.19. The third-order valence-electron chi connectivity index (χ3n) is 5.70. The first kappa shape index (κ1) is 26.0. The van der Waals surface area contributed by atoms with Gasteiger partial charge >= 0.3 is 8.25 Å². The first-order valence-corrected chi connectivity index (χ1v) is 12.5. The molecule has 3 aromatic rings. The quantitative estimate of drug-likeness (QED) is 0.358. The lowest BCUT2D eigenvalue weighted by Crippen LogP contribution is -2.42. The second-order valence-corrected chi connectivity index (χ2v) is 9.77. The van der Waals surface area contributed by atoms with Gasteiger partial charge in [0, 0.05) is 13.0 Å². The lowest BCUT2D eigenvalue weighted by Gasteiger charge is -2.26. The molecule has 2 aromatic heterocycles. The monoisotopic (exact) mass is 522 g/mol. The molecule has 0 spiro atoms. The highest BCUT2D eigenvalue weighted by Crippen LogP contribution is 2.42. The number of hydrogen-bond donors (Lipinski definition) is 3. The zero-order valence-electron chi connectivity index (χ0n) is 20.1. The van der Waals surface area contributed by atoms with Crippen molar-refractivity contribution in [2.75, 3.05) is 24.3 Å². The highest BCUT2D eigenvalue weighted by molar-refractivity contribution is 7.33. The lowest BCUT2D eigenvalue weighted by atomic mass is 9.99. The average Bonchev–Trinajstić information content (AvgIpc) is 3.37. The fraction of sp³-hybridized carbons (Fsp3) is 0.455. The van der Waals surface area contributed by atoms with Crippen LogP contribution >= 0.6 is 8.25 Å². The summed E-state index contributed by atoms with van der Waals surface area (Å²) in [7, 11) is -1.37. The molecule has 1 fully saturated rings. The minimum Gasteiger partial charge on any atom is -0.426 e. The fourth-order valence-electron chi connectivity index (χ4n) is 3.64. The average molecular weight is 522 g/mol. The maximum atomic E-state index is 15.3. The molecule has 14 heteroatoms. The van der Waals surface area contributed by atoms with Gasteiger partial charge in [-0.15, -0.1) is 0 Å². The summed E-state index contributed by atoms with van der Waals surface area (Å²) in [6, 6.07) is 8.44. The summed E-state index contributed by atoms with van der Waals surface area (Å²) in [5.74, 6) is 0.0651. The topological polar surface area (TPSA) is 150 Å². The van der Waals surface area contributed by atoms with Gasteiger partial charge in [0.25, 0.3) is 0 Å².